The van der Waals surface area contributed by atoms with Gasteiger partial charge in [0, 0.05) is 24.7 Å². The minimum Gasteiger partial charge on any atom is -0.462 e. The van der Waals surface area contributed by atoms with Gasteiger partial charge in [0.2, 0.25) is 0 Å². The summed E-state index contributed by atoms with van der Waals surface area (Å²) in [7, 11) is 0. The topological polar surface area (TPSA) is 63.6 Å². The lowest BCUT2D eigenvalue weighted by Crippen LogP contribution is -2.67. The zero-order valence-corrected chi connectivity index (χ0v) is 17.7. The van der Waals surface area contributed by atoms with Crippen LogP contribution < -0.4 is 0 Å². The average Bonchev–Trinajstić information content (AvgIpc) is 2.95. The van der Waals surface area contributed by atoms with E-state index in [1.54, 1.807) is 6.92 Å². The van der Waals surface area contributed by atoms with Crippen molar-refractivity contribution in [1.29, 1.82) is 0 Å². The fraction of sp³-hybridized carbons (Fsp3) is 0.913. The van der Waals surface area contributed by atoms with Crippen molar-refractivity contribution in [3.8, 4) is 0 Å². The molecule has 0 amide bonds. The molecule has 9 atom stereocenters. The number of esters is 1. The van der Waals surface area contributed by atoms with Gasteiger partial charge in [-0.1, -0.05) is 13.8 Å². The van der Waals surface area contributed by atoms with Crippen LogP contribution >= 0.6 is 0 Å². The Morgan fingerprint density at radius 1 is 1.04 bits per heavy atom. The van der Waals surface area contributed by atoms with E-state index >= 15 is 4.39 Å². The molecule has 0 aromatic heterocycles. The molecular weight excluding hydrogens is 359 g/mol. The summed E-state index contributed by atoms with van der Waals surface area (Å²) in [5, 5.41) is 11.6. The number of carbonyl (C=O) groups is 2. The zero-order chi connectivity index (χ0) is 20.5. The lowest BCUT2D eigenvalue weighted by molar-refractivity contribution is -0.251. The third-order valence-electron chi connectivity index (χ3n) is 9.59. The van der Waals surface area contributed by atoms with Crippen molar-refractivity contribution in [2.45, 2.75) is 96.9 Å². The molecule has 0 saturated heterocycles. The van der Waals surface area contributed by atoms with Crippen LogP contribution in [0.3, 0.4) is 0 Å². The second kappa shape index (κ2) is 6.52. The second-order valence-corrected chi connectivity index (χ2v) is 10.7. The SMILES string of the molecule is CC(=O)O[C@@H]1CC[C@]2(C)[C@@H]3CC[C@@]4(C)[C@H](CC[C@H]4C(C)=O)[C@@H]3C[C@H](F)[C@@]2(O)C1. The fourth-order valence-corrected chi connectivity index (χ4v) is 8.20. The normalized spacial score (nSPS) is 52.9. The van der Waals surface area contributed by atoms with Gasteiger partial charge in [0.15, 0.2) is 0 Å². The number of rotatable bonds is 2. The maximum absolute atomic E-state index is 15.6. The number of ether oxygens (including phenoxy) is 1. The van der Waals surface area contributed by atoms with E-state index in [2.05, 4.69) is 13.8 Å². The molecule has 0 bridgehead atoms. The summed E-state index contributed by atoms with van der Waals surface area (Å²) < 4.78 is 21.0. The molecule has 0 aromatic carbocycles. The molecular formula is C23H35FO4. The molecule has 0 spiro atoms. The van der Waals surface area contributed by atoms with Crippen molar-refractivity contribution in [1.82, 2.24) is 0 Å². The number of halogens is 1. The number of hydrogen-bond acceptors (Lipinski definition) is 4. The van der Waals surface area contributed by atoms with Gasteiger partial charge in [0.25, 0.3) is 0 Å². The largest absolute Gasteiger partial charge is 0.462 e. The van der Waals surface area contributed by atoms with E-state index < -0.39 is 23.3 Å². The molecule has 28 heavy (non-hydrogen) atoms. The van der Waals surface area contributed by atoms with Crippen LogP contribution in [0, 0.1) is 34.5 Å². The van der Waals surface area contributed by atoms with Crippen molar-refractivity contribution < 1.29 is 23.8 Å². The van der Waals surface area contributed by atoms with Crippen LogP contribution in [0.5, 0.6) is 0 Å². The minimum atomic E-state index is -1.43. The Labute approximate surface area is 167 Å². The van der Waals surface area contributed by atoms with Crippen LogP contribution in [0.4, 0.5) is 4.39 Å². The first-order valence-corrected chi connectivity index (χ1v) is 11.1. The average molecular weight is 395 g/mol. The van der Waals surface area contributed by atoms with Crippen LogP contribution in [0.15, 0.2) is 0 Å². The lowest BCUT2D eigenvalue weighted by Gasteiger charge is -2.64. The summed E-state index contributed by atoms with van der Waals surface area (Å²) >= 11 is 0. The van der Waals surface area contributed by atoms with Crippen molar-refractivity contribution in [2.24, 2.45) is 34.5 Å². The third kappa shape index (κ3) is 2.64. The monoisotopic (exact) mass is 394 g/mol. The van der Waals surface area contributed by atoms with E-state index in [0.717, 1.165) is 25.7 Å². The van der Waals surface area contributed by atoms with Gasteiger partial charge in [-0.2, -0.15) is 0 Å². The Kier molecular flexibility index (Phi) is 4.73. The van der Waals surface area contributed by atoms with Gasteiger partial charge in [0.1, 0.15) is 23.7 Å². The van der Waals surface area contributed by atoms with E-state index in [1.807, 2.05) is 0 Å². The highest BCUT2D eigenvalue weighted by Crippen LogP contribution is 2.68. The summed E-state index contributed by atoms with van der Waals surface area (Å²) in [6.45, 7) is 7.40. The first-order valence-electron chi connectivity index (χ1n) is 11.1. The highest BCUT2D eigenvalue weighted by atomic mass is 19.1. The Morgan fingerprint density at radius 3 is 2.39 bits per heavy atom. The first-order chi connectivity index (χ1) is 13.0. The predicted octanol–water partition coefficient (Wildman–Crippen LogP) is 4.23. The maximum Gasteiger partial charge on any atom is 0.302 e. The zero-order valence-electron chi connectivity index (χ0n) is 17.7. The fourth-order valence-electron chi connectivity index (χ4n) is 8.20. The van der Waals surface area contributed by atoms with E-state index in [-0.39, 0.29) is 41.3 Å². The Bertz CT molecular complexity index is 680. The van der Waals surface area contributed by atoms with Gasteiger partial charge in [-0.05, 0) is 75.0 Å². The van der Waals surface area contributed by atoms with Gasteiger partial charge in [-0.15, -0.1) is 0 Å². The van der Waals surface area contributed by atoms with Crippen LogP contribution in [0.25, 0.3) is 0 Å². The summed E-state index contributed by atoms with van der Waals surface area (Å²) in [5.41, 5.74) is -1.95. The van der Waals surface area contributed by atoms with Crippen molar-refractivity contribution in [2.75, 3.05) is 0 Å². The Morgan fingerprint density at radius 2 is 1.75 bits per heavy atom. The molecule has 0 aliphatic heterocycles. The molecule has 0 heterocycles. The smallest absolute Gasteiger partial charge is 0.302 e. The van der Waals surface area contributed by atoms with Gasteiger partial charge in [-0.25, -0.2) is 4.39 Å². The second-order valence-electron chi connectivity index (χ2n) is 10.7. The highest BCUT2D eigenvalue weighted by Gasteiger charge is 2.68. The summed E-state index contributed by atoms with van der Waals surface area (Å²) in [6, 6.07) is 0. The molecule has 4 saturated carbocycles. The molecule has 4 nitrogen and oxygen atoms in total. The standard InChI is InChI=1S/C23H35FO4/c1-13(25)17-5-6-18-16-11-20(24)23(27)12-15(28-14(2)26)7-10-22(23,4)19(16)8-9-21(17,18)3/h15-20,27H,5-12H2,1-4H3/t15-,16+,17+,18-,19-,20+,21-,22-,23+/m1/s1. The molecule has 4 fully saturated rings. The van der Waals surface area contributed by atoms with Gasteiger partial charge in [-0.3, -0.25) is 9.59 Å². The quantitative estimate of drug-likeness (QED) is 0.712. The molecule has 0 aromatic rings. The number of ketones is 1. The van der Waals surface area contributed by atoms with Crippen molar-refractivity contribution >= 4 is 11.8 Å². The molecule has 4 aliphatic rings. The number of hydrogen-bond donors (Lipinski definition) is 1. The predicted molar refractivity (Wildman–Crippen MR) is 103 cm³/mol. The van der Waals surface area contributed by atoms with Crippen LogP contribution in [-0.4, -0.2) is 34.7 Å². The molecule has 158 valence electrons. The Balaban J connectivity index is 1.63. The number of fused-ring (bicyclic) bond motifs is 5. The van der Waals surface area contributed by atoms with E-state index in [1.165, 1.54) is 6.92 Å². The van der Waals surface area contributed by atoms with Crippen molar-refractivity contribution in [3.63, 3.8) is 0 Å². The molecule has 0 radical (unpaired) electrons. The summed E-state index contributed by atoms with van der Waals surface area (Å²) in [6.07, 6.45) is 4.09. The number of Topliss-reactive ketones (excluding diaryl/α,β-unsaturated/α-hetero) is 1. The summed E-state index contributed by atoms with van der Waals surface area (Å²) in [4.78, 5) is 23.6. The first kappa shape index (κ1) is 20.3. The van der Waals surface area contributed by atoms with Crippen LogP contribution in [-0.2, 0) is 14.3 Å². The molecule has 4 aliphatic carbocycles. The summed E-state index contributed by atoms with van der Waals surface area (Å²) in [5.74, 6) is 0.882. The van der Waals surface area contributed by atoms with E-state index in [0.29, 0.717) is 25.2 Å². The van der Waals surface area contributed by atoms with E-state index in [9.17, 15) is 14.7 Å². The molecule has 4 rings (SSSR count). The van der Waals surface area contributed by atoms with Crippen LogP contribution in [0.1, 0.15) is 79.1 Å². The lowest BCUT2D eigenvalue weighted by atomic mass is 9.42. The third-order valence-corrected chi connectivity index (χ3v) is 9.59. The molecule has 1 N–H and O–H groups in total. The molecule has 5 heteroatoms. The van der Waals surface area contributed by atoms with Crippen molar-refractivity contribution in [3.05, 3.63) is 0 Å². The maximum atomic E-state index is 15.6. The number of aliphatic hydroxyl groups is 1. The minimum absolute atomic E-state index is 0.0204. The Hall–Kier alpha value is -0.970. The molecule has 0 unspecified atom stereocenters. The number of alkyl halides is 1. The van der Waals surface area contributed by atoms with Gasteiger partial charge >= 0.3 is 5.97 Å². The van der Waals surface area contributed by atoms with E-state index in [4.69, 9.17) is 4.74 Å². The highest BCUT2D eigenvalue weighted by molar-refractivity contribution is 5.79. The van der Waals surface area contributed by atoms with Gasteiger partial charge < -0.3 is 9.84 Å². The van der Waals surface area contributed by atoms with Gasteiger partial charge in [0.05, 0.1) is 0 Å². The van der Waals surface area contributed by atoms with Crippen LogP contribution in [0.2, 0.25) is 0 Å². The number of carbonyl (C=O) groups excluding carboxylic acids is 2.